The van der Waals surface area contributed by atoms with E-state index in [-0.39, 0.29) is 0 Å². The van der Waals surface area contributed by atoms with E-state index >= 15 is 0 Å². The van der Waals surface area contributed by atoms with Crippen LogP contribution in [0.1, 0.15) is 23.9 Å². The summed E-state index contributed by atoms with van der Waals surface area (Å²) in [5, 5.41) is 14.0. The van der Waals surface area contributed by atoms with Gasteiger partial charge in [-0.3, -0.25) is 9.48 Å². The highest BCUT2D eigenvalue weighted by molar-refractivity contribution is 5.84. The number of amides is 1. The molecule has 1 aromatic rings. The third kappa shape index (κ3) is 1.39. The molecule has 1 aromatic heterocycles. The minimum absolute atomic E-state index is 0.493. The number of carbonyl (C=O) groups excluding carboxylic acids is 1. The number of aromatic nitrogens is 2. The molecule has 3 N–H and O–H groups in total. The van der Waals surface area contributed by atoms with Crippen molar-refractivity contribution in [1.82, 2.24) is 9.78 Å². The van der Waals surface area contributed by atoms with Crippen LogP contribution >= 0.6 is 0 Å². The molecule has 5 nitrogen and oxygen atoms in total. The number of hydrogen-bond donors (Lipinski definition) is 2. The van der Waals surface area contributed by atoms with E-state index in [9.17, 15) is 9.90 Å². The quantitative estimate of drug-likeness (QED) is 0.684. The van der Waals surface area contributed by atoms with Crippen LogP contribution in [-0.2, 0) is 17.4 Å². The van der Waals surface area contributed by atoms with Crippen LogP contribution in [0.15, 0.2) is 0 Å². The topological polar surface area (TPSA) is 81.1 Å². The maximum atomic E-state index is 11.1. The maximum absolute atomic E-state index is 11.1. The zero-order chi connectivity index (χ0) is 11.1. The van der Waals surface area contributed by atoms with Crippen LogP contribution in [0.25, 0.3) is 0 Å². The lowest BCUT2D eigenvalue weighted by atomic mass is 9.93. The number of rotatable bonds is 2. The van der Waals surface area contributed by atoms with Gasteiger partial charge in [-0.1, -0.05) is 0 Å². The molecular weight excluding hydrogens is 182 g/mol. The second kappa shape index (κ2) is 3.09. The van der Waals surface area contributed by atoms with Crippen LogP contribution in [0.2, 0.25) is 0 Å². The Bertz CT molecular complexity index is 380. The molecule has 0 aliphatic carbocycles. The third-order valence-corrected chi connectivity index (χ3v) is 2.48. The van der Waals surface area contributed by atoms with Crippen LogP contribution < -0.4 is 5.73 Å². The molecule has 5 heteroatoms. The Balaban J connectivity index is 3.38. The molecule has 1 unspecified atom stereocenters. The van der Waals surface area contributed by atoms with Gasteiger partial charge in [0.25, 0.3) is 5.91 Å². The first-order valence-corrected chi connectivity index (χ1v) is 4.31. The Morgan fingerprint density at radius 2 is 2.07 bits per heavy atom. The predicted molar refractivity (Wildman–Crippen MR) is 51.4 cm³/mol. The molecule has 78 valence electrons. The largest absolute Gasteiger partial charge is 0.375 e. The van der Waals surface area contributed by atoms with E-state index < -0.39 is 11.5 Å². The summed E-state index contributed by atoms with van der Waals surface area (Å²) in [6.45, 7) is 4.90. The summed E-state index contributed by atoms with van der Waals surface area (Å²) in [7, 11) is 1.75. The number of primary amides is 1. The SMILES string of the molecule is Cc1nn(C)c(C)c1C(C)(O)C(N)=O. The fourth-order valence-corrected chi connectivity index (χ4v) is 1.60. The number of hydrogen-bond acceptors (Lipinski definition) is 3. The van der Waals surface area contributed by atoms with Crippen molar-refractivity contribution >= 4 is 5.91 Å². The van der Waals surface area contributed by atoms with Crippen LogP contribution in [0.4, 0.5) is 0 Å². The van der Waals surface area contributed by atoms with Gasteiger partial charge in [-0.05, 0) is 20.8 Å². The fraction of sp³-hybridized carbons (Fsp3) is 0.556. The standard InChI is InChI=1S/C9H15N3O2/c1-5-7(6(2)12(4)11-5)9(3,14)8(10)13/h14H,1-4H3,(H2,10,13). The maximum Gasteiger partial charge on any atom is 0.253 e. The highest BCUT2D eigenvalue weighted by Crippen LogP contribution is 2.26. The van der Waals surface area contributed by atoms with Gasteiger partial charge in [-0.15, -0.1) is 0 Å². The van der Waals surface area contributed by atoms with Crippen molar-refractivity contribution in [3.05, 3.63) is 17.0 Å². The van der Waals surface area contributed by atoms with Gasteiger partial charge < -0.3 is 10.8 Å². The first-order valence-electron chi connectivity index (χ1n) is 4.31. The summed E-state index contributed by atoms with van der Waals surface area (Å²) in [4.78, 5) is 11.1. The molecule has 0 radical (unpaired) electrons. The molecule has 14 heavy (non-hydrogen) atoms. The lowest BCUT2D eigenvalue weighted by Crippen LogP contribution is -2.39. The van der Waals surface area contributed by atoms with Crippen molar-refractivity contribution in [2.45, 2.75) is 26.4 Å². The molecule has 1 atom stereocenters. The van der Waals surface area contributed by atoms with E-state index in [0.717, 1.165) is 5.69 Å². The summed E-state index contributed by atoms with van der Waals surface area (Å²) < 4.78 is 1.61. The van der Waals surface area contributed by atoms with E-state index in [4.69, 9.17) is 5.73 Å². The molecule has 1 rings (SSSR count). The molecule has 0 bridgehead atoms. The van der Waals surface area contributed by atoms with Crippen molar-refractivity contribution < 1.29 is 9.90 Å². The lowest BCUT2D eigenvalue weighted by molar-refractivity contribution is -0.135. The van der Waals surface area contributed by atoms with Gasteiger partial charge in [0.1, 0.15) is 0 Å². The summed E-state index contributed by atoms with van der Waals surface area (Å²) in [5.74, 6) is -0.767. The fourth-order valence-electron chi connectivity index (χ4n) is 1.60. The summed E-state index contributed by atoms with van der Waals surface area (Å²) >= 11 is 0. The van der Waals surface area contributed by atoms with Gasteiger partial charge in [0.15, 0.2) is 5.60 Å². The molecule has 0 aromatic carbocycles. The Kier molecular flexibility index (Phi) is 2.37. The normalized spacial score (nSPS) is 15.2. The first-order chi connectivity index (χ1) is 6.28. The van der Waals surface area contributed by atoms with Crippen LogP contribution in [0.5, 0.6) is 0 Å². The number of aryl methyl sites for hydroxylation is 2. The van der Waals surface area contributed by atoms with Gasteiger partial charge in [-0.2, -0.15) is 5.10 Å². The second-order valence-corrected chi connectivity index (χ2v) is 3.61. The lowest BCUT2D eigenvalue weighted by Gasteiger charge is -2.19. The zero-order valence-corrected chi connectivity index (χ0v) is 8.83. The van der Waals surface area contributed by atoms with Crippen molar-refractivity contribution in [1.29, 1.82) is 0 Å². The molecule has 1 amide bonds. The Morgan fingerprint density at radius 3 is 2.36 bits per heavy atom. The number of aliphatic hydroxyl groups is 1. The zero-order valence-electron chi connectivity index (χ0n) is 8.83. The van der Waals surface area contributed by atoms with Gasteiger partial charge in [0, 0.05) is 18.3 Å². The molecule has 0 spiro atoms. The highest BCUT2D eigenvalue weighted by atomic mass is 16.3. The molecule has 0 aliphatic heterocycles. The van der Waals surface area contributed by atoms with E-state index in [2.05, 4.69) is 5.10 Å². The molecule has 0 saturated heterocycles. The monoisotopic (exact) mass is 197 g/mol. The van der Waals surface area contributed by atoms with Crippen molar-refractivity contribution in [3.63, 3.8) is 0 Å². The number of carbonyl (C=O) groups is 1. The van der Waals surface area contributed by atoms with E-state index in [0.29, 0.717) is 11.3 Å². The highest BCUT2D eigenvalue weighted by Gasteiger charge is 2.35. The Morgan fingerprint density at radius 1 is 1.57 bits per heavy atom. The average Bonchev–Trinajstić information content (AvgIpc) is 2.26. The van der Waals surface area contributed by atoms with Gasteiger partial charge >= 0.3 is 0 Å². The smallest absolute Gasteiger partial charge is 0.253 e. The second-order valence-electron chi connectivity index (χ2n) is 3.61. The number of nitrogens with zero attached hydrogens (tertiary/aromatic N) is 2. The molecular formula is C9H15N3O2. The van der Waals surface area contributed by atoms with E-state index in [1.807, 2.05) is 0 Å². The first kappa shape index (κ1) is 10.7. The van der Waals surface area contributed by atoms with Gasteiger partial charge in [0.05, 0.1) is 5.69 Å². The van der Waals surface area contributed by atoms with Crippen LogP contribution in [-0.4, -0.2) is 20.8 Å². The third-order valence-electron chi connectivity index (χ3n) is 2.48. The minimum atomic E-state index is -1.65. The van der Waals surface area contributed by atoms with Crippen molar-refractivity contribution in [2.75, 3.05) is 0 Å². The van der Waals surface area contributed by atoms with Crippen LogP contribution in [0, 0.1) is 13.8 Å². The predicted octanol–water partition coefficient (Wildman–Crippen LogP) is -0.270. The molecule has 0 fully saturated rings. The summed E-state index contributed by atoms with van der Waals surface area (Å²) in [6, 6.07) is 0. The van der Waals surface area contributed by atoms with E-state index in [1.165, 1.54) is 6.92 Å². The van der Waals surface area contributed by atoms with E-state index in [1.54, 1.807) is 25.6 Å². The molecule has 0 aliphatic rings. The molecule has 0 saturated carbocycles. The Hall–Kier alpha value is -1.36. The molecule has 1 heterocycles. The van der Waals surface area contributed by atoms with Gasteiger partial charge in [0.2, 0.25) is 0 Å². The average molecular weight is 197 g/mol. The Labute approximate surface area is 82.5 Å². The number of nitrogens with two attached hydrogens (primary N) is 1. The van der Waals surface area contributed by atoms with Gasteiger partial charge in [-0.25, -0.2) is 0 Å². The summed E-state index contributed by atoms with van der Waals surface area (Å²) in [6.07, 6.45) is 0. The van der Waals surface area contributed by atoms with Crippen LogP contribution in [0.3, 0.4) is 0 Å². The van der Waals surface area contributed by atoms with Crippen molar-refractivity contribution in [2.24, 2.45) is 12.8 Å². The summed E-state index contributed by atoms with van der Waals surface area (Å²) in [5.41, 5.74) is 5.33. The minimum Gasteiger partial charge on any atom is -0.375 e. The van der Waals surface area contributed by atoms with Crippen molar-refractivity contribution in [3.8, 4) is 0 Å².